The van der Waals surface area contributed by atoms with Crippen LogP contribution >= 0.6 is 0 Å². The Hall–Kier alpha value is -4.98. The zero-order valence-corrected chi connectivity index (χ0v) is 26.6. The normalized spacial score (nSPS) is 13.5. The van der Waals surface area contributed by atoms with E-state index in [1.165, 1.54) is 18.2 Å². The highest BCUT2D eigenvalue weighted by molar-refractivity contribution is 5.97. The van der Waals surface area contributed by atoms with Gasteiger partial charge in [0, 0.05) is 17.8 Å². The summed E-state index contributed by atoms with van der Waals surface area (Å²) in [7, 11) is 0. The van der Waals surface area contributed by atoms with Gasteiger partial charge in [-0.1, -0.05) is 33.8 Å². The third-order valence-electron chi connectivity index (χ3n) is 6.07. The highest BCUT2D eigenvalue weighted by atomic mass is 19.4. The average Bonchev–Trinajstić information content (AvgIpc) is 2.96. The quantitative estimate of drug-likeness (QED) is 0.0973. The van der Waals surface area contributed by atoms with Crippen molar-refractivity contribution in [3.8, 4) is 0 Å². The number of carboxylic acids is 3. The number of carbonyl (C=O) groups is 7. The molecule has 0 saturated carbocycles. The molecule has 0 aliphatic rings. The third kappa shape index (κ3) is 17.1. The number of hydrogen-bond acceptors (Lipinski definition) is 9. The van der Waals surface area contributed by atoms with Gasteiger partial charge >= 0.3 is 24.1 Å². The summed E-state index contributed by atoms with van der Waals surface area (Å²) in [6.07, 6.45) is -5.19. The summed E-state index contributed by atoms with van der Waals surface area (Å²) in [5.74, 6) is -7.81. The Labute approximate surface area is 272 Å². The molecule has 270 valence electrons. The number of anilines is 2. The summed E-state index contributed by atoms with van der Waals surface area (Å²) in [6.45, 7) is 6.08. The van der Waals surface area contributed by atoms with E-state index in [0.29, 0.717) is 5.69 Å². The molecule has 0 saturated heterocycles. The van der Waals surface area contributed by atoms with Gasteiger partial charge in [0.15, 0.2) is 6.04 Å². The van der Waals surface area contributed by atoms with Crippen LogP contribution in [0.4, 0.5) is 29.3 Å². The van der Waals surface area contributed by atoms with Crippen molar-refractivity contribution in [2.45, 2.75) is 77.3 Å². The van der Waals surface area contributed by atoms with Crippen molar-refractivity contribution >= 4 is 53.0 Å². The summed E-state index contributed by atoms with van der Waals surface area (Å²) in [5.41, 5.74) is 4.18. The molecule has 1 aromatic rings. The number of nitrogens with one attached hydrogen (secondary N) is 5. The van der Waals surface area contributed by atoms with E-state index in [1.54, 1.807) is 19.9 Å². The first-order valence-electron chi connectivity index (χ1n) is 14.3. The molecule has 20 heteroatoms. The fourth-order valence-corrected chi connectivity index (χ4v) is 3.61. The second kappa shape index (κ2) is 20.3. The fourth-order valence-electron chi connectivity index (χ4n) is 3.61. The monoisotopic (exact) mass is 694 g/mol. The maximum atomic E-state index is 12.8. The SMILES string of the molecule is CC(C)C[C@H](NC(=O)[C@H](CO)NC(=O)Nc1cccc(NC(=O)[C@@H]([NH3+])CCC(=O)O)c1)C(=O)N[C@H](C(=O)O)C(C)C.O=C([O-])C(F)(F)F. The highest BCUT2D eigenvalue weighted by Gasteiger charge is 2.31. The number of benzene rings is 1. The Kier molecular flexibility index (Phi) is 18.2. The number of carboxylic acid groups (broad SMARTS) is 3. The largest absolute Gasteiger partial charge is 0.542 e. The predicted octanol–water partition coefficient (Wildman–Crippen LogP) is -1.36. The molecule has 0 radical (unpaired) electrons. The lowest BCUT2D eigenvalue weighted by molar-refractivity contribution is -0.403. The Morgan fingerprint density at radius 3 is 1.81 bits per heavy atom. The van der Waals surface area contributed by atoms with Crippen LogP contribution in [-0.2, 0) is 28.8 Å². The third-order valence-corrected chi connectivity index (χ3v) is 6.07. The van der Waals surface area contributed by atoms with Gasteiger partial charge in [0.25, 0.3) is 5.91 Å². The van der Waals surface area contributed by atoms with E-state index < -0.39 is 84.5 Å². The molecule has 0 aliphatic heterocycles. The van der Waals surface area contributed by atoms with Gasteiger partial charge in [-0.3, -0.25) is 19.2 Å². The van der Waals surface area contributed by atoms with Crippen LogP contribution in [0.3, 0.4) is 0 Å². The van der Waals surface area contributed by atoms with Gasteiger partial charge in [-0.15, -0.1) is 0 Å². The van der Waals surface area contributed by atoms with Gasteiger partial charge in [0.2, 0.25) is 11.8 Å². The molecule has 0 aromatic heterocycles. The number of aliphatic carboxylic acids is 3. The van der Waals surface area contributed by atoms with E-state index >= 15 is 0 Å². The average molecular weight is 695 g/mol. The number of hydrogen-bond donors (Lipinski definition) is 9. The van der Waals surface area contributed by atoms with Crippen LogP contribution in [0.25, 0.3) is 0 Å². The predicted molar refractivity (Wildman–Crippen MR) is 158 cm³/mol. The topological polar surface area (TPSA) is 291 Å². The number of urea groups is 1. The van der Waals surface area contributed by atoms with Gasteiger partial charge in [-0.05, 0) is 36.5 Å². The molecule has 0 bridgehead atoms. The molecule has 4 atom stereocenters. The Bertz CT molecular complexity index is 1290. The van der Waals surface area contributed by atoms with Crippen LogP contribution in [0.5, 0.6) is 0 Å². The summed E-state index contributed by atoms with van der Waals surface area (Å²) in [6, 6.07) is 0.605. The molecule has 0 unspecified atom stereocenters. The number of carbonyl (C=O) groups excluding carboxylic acids is 5. The smallest absolute Gasteiger partial charge is 0.430 e. The molecule has 5 amide bonds. The van der Waals surface area contributed by atoms with Crippen molar-refractivity contribution in [3.63, 3.8) is 0 Å². The summed E-state index contributed by atoms with van der Waals surface area (Å²) < 4.78 is 31.5. The number of rotatable bonds is 16. The van der Waals surface area contributed by atoms with Gasteiger partial charge in [-0.2, -0.15) is 13.2 Å². The second-order valence-corrected chi connectivity index (χ2v) is 11.1. The zero-order valence-electron chi connectivity index (χ0n) is 26.6. The van der Waals surface area contributed by atoms with E-state index in [9.17, 15) is 52.2 Å². The number of quaternary nitrogens is 1. The molecule has 1 aromatic carbocycles. The first-order chi connectivity index (χ1) is 22.1. The minimum atomic E-state index is -5.19. The number of aliphatic hydroxyl groups is 1. The Morgan fingerprint density at radius 2 is 1.38 bits per heavy atom. The Balaban J connectivity index is 0.00000282. The molecule has 1 rings (SSSR count). The minimum Gasteiger partial charge on any atom is -0.542 e. The first kappa shape index (κ1) is 43.0. The molecule has 11 N–H and O–H groups in total. The lowest BCUT2D eigenvalue weighted by Crippen LogP contribution is -2.66. The van der Waals surface area contributed by atoms with Crippen LogP contribution in [0, 0.1) is 11.8 Å². The molecule has 0 fully saturated rings. The van der Waals surface area contributed by atoms with Crippen LogP contribution in [-0.4, -0.2) is 93.9 Å². The molecular weight excluding hydrogens is 653 g/mol. The number of halogens is 3. The van der Waals surface area contributed by atoms with Crippen molar-refractivity contribution in [1.29, 1.82) is 0 Å². The maximum Gasteiger partial charge on any atom is 0.430 e. The van der Waals surface area contributed by atoms with Crippen molar-refractivity contribution in [1.82, 2.24) is 16.0 Å². The first-order valence-corrected chi connectivity index (χ1v) is 14.3. The van der Waals surface area contributed by atoms with Crippen molar-refractivity contribution < 1.29 is 72.9 Å². The molecule has 0 spiro atoms. The van der Waals surface area contributed by atoms with Gasteiger partial charge in [0.1, 0.15) is 24.1 Å². The zero-order chi connectivity index (χ0) is 37.4. The lowest BCUT2D eigenvalue weighted by Gasteiger charge is -2.26. The van der Waals surface area contributed by atoms with Crippen LogP contribution in [0.1, 0.15) is 47.0 Å². The summed E-state index contributed by atoms with van der Waals surface area (Å²) in [4.78, 5) is 81.4. The number of amides is 5. The van der Waals surface area contributed by atoms with E-state index in [0.717, 1.165) is 0 Å². The van der Waals surface area contributed by atoms with E-state index in [4.69, 9.17) is 15.0 Å². The number of aliphatic hydroxyl groups excluding tert-OH is 1. The summed E-state index contributed by atoms with van der Waals surface area (Å²) >= 11 is 0. The maximum absolute atomic E-state index is 12.8. The lowest BCUT2D eigenvalue weighted by atomic mass is 10.00. The van der Waals surface area contributed by atoms with Crippen LogP contribution in [0.2, 0.25) is 0 Å². The molecule has 0 heterocycles. The number of alkyl halides is 3. The van der Waals surface area contributed by atoms with Crippen LogP contribution < -0.4 is 37.4 Å². The van der Waals surface area contributed by atoms with Crippen molar-refractivity contribution in [3.05, 3.63) is 24.3 Å². The standard InChI is InChI=1S/C26H40N6O9.C2HF3O2/c1-13(2)10-18(23(37)32-21(14(3)4)25(39)40)30-24(38)19(12-33)31-26(41)29-16-7-5-6-15(11-16)28-22(36)17(27)8-9-20(34)35;3-2(4,5)1(6)7/h5-7,11,13-14,17-19,21,33H,8-10,12,27H2,1-4H3,(H,28,36)(H,30,38)(H,32,37)(H,34,35)(H,39,40)(H2,29,31,41);(H,6,7)/t17-,18-,19-,21-;/m0./s1. The fraction of sp³-hybridized carbons (Fsp3) is 0.536. The molecule has 48 heavy (non-hydrogen) atoms. The second-order valence-electron chi connectivity index (χ2n) is 11.1. The minimum absolute atomic E-state index is 0.0453. The highest BCUT2D eigenvalue weighted by Crippen LogP contribution is 2.16. The van der Waals surface area contributed by atoms with E-state index in [1.807, 2.05) is 13.8 Å². The van der Waals surface area contributed by atoms with Crippen molar-refractivity contribution in [2.24, 2.45) is 11.8 Å². The van der Waals surface area contributed by atoms with E-state index in [2.05, 4.69) is 32.3 Å². The Morgan fingerprint density at radius 1 is 0.854 bits per heavy atom. The molecule has 0 aliphatic carbocycles. The van der Waals surface area contributed by atoms with Gasteiger partial charge in [-0.25, -0.2) is 9.59 Å². The van der Waals surface area contributed by atoms with Gasteiger partial charge < -0.3 is 57.5 Å². The van der Waals surface area contributed by atoms with Crippen molar-refractivity contribution in [2.75, 3.05) is 17.2 Å². The van der Waals surface area contributed by atoms with Gasteiger partial charge in [0.05, 0.1) is 13.0 Å². The summed E-state index contributed by atoms with van der Waals surface area (Å²) in [5, 5.41) is 48.9. The van der Waals surface area contributed by atoms with Crippen LogP contribution in [0.15, 0.2) is 24.3 Å². The molecule has 17 nitrogen and oxygen atoms in total. The molecular formula is C28H41F3N6O11. The van der Waals surface area contributed by atoms with E-state index in [-0.39, 0.29) is 30.9 Å².